The van der Waals surface area contributed by atoms with Gasteiger partial charge in [-0.1, -0.05) is 66.2 Å². The monoisotopic (exact) mass is 527 g/mol. The van der Waals surface area contributed by atoms with E-state index in [0.717, 1.165) is 28.0 Å². The summed E-state index contributed by atoms with van der Waals surface area (Å²) in [5.74, 6) is 0.357. The van der Waals surface area contributed by atoms with Crippen LogP contribution in [0.25, 0.3) is 0 Å². The summed E-state index contributed by atoms with van der Waals surface area (Å²) in [7, 11) is 1.61. The third-order valence-electron chi connectivity index (χ3n) is 6.27. The zero-order valence-corrected chi connectivity index (χ0v) is 22.0. The van der Waals surface area contributed by atoms with E-state index in [0.29, 0.717) is 18.0 Å². The Balaban J connectivity index is 1.64. The smallest absolute Gasteiger partial charge is 0.243 e. The maximum Gasteiger partial charge on any atom is 0.243 e. The van der Waals surface area contributed by atoms with Gasteiger partial charge in [-0.05, 0) is 58.7 Å². The first kappa shape index (κ1) is 26.9. The second kappa shape index (κ2) is 13.4. The van der Waals surface area contributed by atoms with E-state index in [9.17, 15) is 9.59 Å². The third-order valence-corrected chi connectivity index (χ3v) is 6.52. The Bertz CT molecular complexity index is 1310. The van der Waals surface area contributed by atoms with Crippen molar-refractivity contribution >= 4 is 23.4 Å². The second-order valence-corrected chi connectivity index (χ2v) is 9.39. The van der Waals surface area contributed by atoms with Crippen LogP contribution in [0, 0.1) is 0 Å². The Morgan fingerprint density at radius 1 is 0.842 bits per heavy atom. The normalized spacial score (nSPS) is 11.4. The van der Waals surface area contributed by atoms with Crippen LogP contribution in [-0.4, -0.2) is 34.8 Å². The van der Waals surface area contributed by atoms with Crippen molar-refractivity contribution in [1.29, 1.82) is 0 Å². The molecule has 4 rings (SSSR count). The summed E-state index contributed by atoms with van der Waals surface area (Å²) in [6, 6.07) is 27.5. The number of methoxy groups -OCH3 is 1. The SMILES string of the molecule is COc1ccc(CN(C(=O)Cc2ccc(Cl)cc2)[C@@H](Cc2ccccc2)C(=O)NCc2ccncc2)cc1. The fourth-order valence-electron chi connectivity index (χ4n) is 4.17. The Kier molecular flexibility index (Phi) is 9.48. The van der Waals surface area contributed by atoms with Gasteiger partial charge in [0.15, 0.2) is 0 Å². The number of benzene rings is 3. The molecule has 1 N–H and O–H groups in total. The molecule has 0 spiro atoms. The molecule has 3 aromatic carbocycles. The van der Waals surface area contributed by atoms with E-state index >= 15 is 0 Å². The van der Waals surface area contributed by atoms with Gasteiger partial charge >= 0.3 is 0 Å². The predicted octanol–water partition coefficient (Wildman–Crippen LogP) is 5.24. The van der Waals surface area contributed by atoms with Gasteiger partial charge in [0.05, 0.1) is 13.5 Å². The minimum Gasteiger partial charge on any atom is -0.497 e. The molecule has 0 saturated heterocycles. The molecule has 4 aromatic rings. The largest absolute Gasteiger partial charge is 0.497 e. The van der Waals surface area contributed by atoms with Gasteiger partial charge in [0.25, 0.3) is 0 Å². The highest BCUT2D eigenvalue weighted by Gasteiger charge is 2.30. The van der Waals surface area contributed by atoms with Crippen LogP contribution in [0.4, 0.5) is 0 Å². The summed E-state index contributed by atoms with van der Waals surface area (Å²) in [5, 5.41) is 3.64. The molecule has 0 unspecified atom stereocenters. The average Bonchev–Trinajstić information content (AvgIpc) is 2.96. The molecule has 0 aliphatic rings. The van der Waals surface area contributed by atoms with Crippen molar-refractivity contribution in [2.75, 3.05) is 7.11 Å². The molecule has 7 heteroatoms. The Morgan fingerprint density at radius 3 is 2.16 bits per heavy atom. The van der Waals surface area contributed by atoms with E-state index in [-0.39, 0.29) is 24.8 Å². The Labute approximate surface area is 228 Å². The number of ether oxygens (including phenoxy) is 1. The molecule has 38 heavy (non-hydrogen) atoms. The summed E-state index contributed by atoms with van der Waals surface area (Å²) in [4.78, 5) is 33.2. The van der Waals surface area contributed by atoms with Crippen molar-refractivity contribution in [3.05, 3.63) is 131 Å². The van der Waals surface area contributed by atoms with Crippen molar-refractivity contribution in [3.8, 4) is 5.75 Å². The van der Waals surface area contributed by atoms with Crippen LogP contribution in [0.15, 0.2) is 103 Å². The van der Waals surface area contributed by atoms with Crippen LogP contribution in [0.3, 0.4) is 0 Å². The number of aromatic nitrogens is 1. The van der Waals surface area contributed by atoms with Gasteiger partial charge in [-0.2, -0.15) is 0 Å². The summed E-state index contributed by atoms with van der Waals surface area (Å²) < 4.78 is 5.29. The highest BCUT2D eigenvalue weighted by atomic mass is 35.5. The predicted molar refractivity (Wildman–Crippen MR) is 149 cm³/mol. The number of hydrogen-bond acceptors (Lipinski definition) is 4. The van der Waals surface area contributed by atoms with Crippen LogP contribution in [0.1, 0.15) is 22.3 Å². The molecule has 6 nitrogen and oxygen atoms in total. The number of pyridine rings is 1. The number of carbonyl (C=O) groups excluding carboxylic acids is 2. The number of nitrogens with one attached hydrogen (secondary N) is 1. The molecule has 2 amide bonds. The zero-order chi connectivity index (χ0) is 26.7. The maximum atomic E-state index is 13.8. The van der Waals surface area contributed by atoms with Crippen molar-refractivity contribution in [3.63, 3.8) is 0 Å². The van der Waals surface area contributed by atoms with Crippen molar-refractivity contribution in [2.24, 2.45) is 0 Å². The van der Waals surface area contributed by atoms with Crippen molar-refractivity contribution in [2.45, 2.75) is 32.0 Å². The first-order valence-electron chi connectivity index (χ1n) is 12.4. The second-order valence-electron chi connectivity index (χ2n) is 8.95. The van der Waals surface area contributed by atoms with Crippen LogP contribution < -0.4 is 10.1 Å². The fourth-order valence-corrected chi connectivity index (χ4v) is 4.29. The van der Waals surface area contributed by atoms with Crippen LogP contribution in [0.5, 0.6) is 5.75 Å². The van der Waals surface area contributed by atoms with Gasteiger partial charge in [-0.25, -0.2) is 0 Å². The first-order valence-corrected chi connectivity index (χ1v) is 12.8. The van der Waals surface area contributed by atoms with Gasteiger partial charge in [0.2, 0.25) is 11.8 Å². The maximum absolute atomic E-state index is 13.8. The molecule has 0 bridgehead atoms. The number of rotatable bonds is 11. The van der Waals surface area contributed by atoms with Gasteiger partial charge in [-0.15, -0.1) is 0 Å². The van der Waals surface area contributed by atoms with Crippen LogP contribution >= 0.6 is 11.6 Å². The summed E-state index contributed by atoms with van der Waals surface area (Å²) in [5.41, 5.74) is 3.63. The highest BCUT2D eigenvalue weighted by Crippen LogP contribution is 2.19. The molecule has 0 fully saturated rings. The van der Waals surface area contributed by atoms with E-state index in [1.54, 1.807) is 36.5 Å². The van der Waals surface area contributed by atoms with E-state index in [1.165, 1.54) is 0 Å². The number of carbonyl (C=O) groups is 2. The number of hydrogen-bond donors (Lipinski definition) is 1. The molecule has 194 valence electrons. The molecule has 0 aliphatic heterocycles. The average molecular weight is 528 g/mol. The van der Waals surface area contributed by atoms with Crippen molar-refractivity contribution < 1.29 is 14.3 Å². The van der Waals surface area contributed by atoms with Gasteiger partial charge in [0, 0.05) is 36.9 Å². The minimum atomic E-state index is -0.721. The first-order chi connectivity index (χ1) is 18.5. The quantitative estimate of drug-likeness (QED) is 0.289. The van der Waals surface area contributed by atoms with Gasteiger partial charge in [0.1, 0.15) is 11.8 Å². The topological polar surface area (TPSA) is 71.5 Å². The molecule has 0 saturated carbocycles. The number of halogens is 1. The van der Waals surface area contributed by atoms with Gasteiger partial charge < -0.3 is 15.0 Å². The lowest BCUT2D eigenvalue weighted by molar-refractivity contribution is -0.140. The summed E-state index contributed by atoms with van der Waals surface area (Å²) in [6.07, 6.45) is 3.91. The Morgan fingerprint density at radius 2 is 1.50 bits per heavy atom. The van der Waals surface area contributed by atoms with E-state index in [4.69, 9.17) is 16.3 Å². The molecule has 1 aromatic heterocycles. The lowest BCUT2D eigenvalue weighted by Gasteiger charge is -2.32. The molecule has 0 aliphatic carbocycles. The van der Waals surface area contributed by atoms with E-state index in [2.05, 4.69) is 10.3 Å². The van der Waals surface area contributed by atoms with Crippen LogP contribution in [-0.2, 0) is 35.5 Å². The highest BCUT2D eigenvalue weighted by molar-refractivity contribution is 6.30. The lowest BCUT2D eigenvalue weighted by Crippen LogP contribution is -2.50. The van der Waals surface area contributed by atoms with Gasteiger partial charge in [-0.3, -0.25) is 14.6 Å². The fraction of sp³-hybridized carbons (Fsp3) is 0.194. The third kappa shape index (κ3) is 7.67. The molecular weight excluding hydrogens is 498 g/mol. The summed E-state index contributed by atoms with van der Waals surface area (Å²) >= 11 is 6.05. The van der Waals surface area contributed by atoms with E-state index in [1.807, 2.05) is 78.9 Å². The zero-order valence-electron chi connectivity index (χ0n) is 21.2. The number of amides is 2. The van der Waals surface area contributed by atoms with Crippen molar-refractivity contribution in [1.82, 2.24) is 15.2 Å². The number of nitrogens with zero attached hydrogens (tertiary/aromatic N) is 2. The minimum absolute atomic E-state index is 0.149. The van der Waals surface area contributed by atoms with E-state index < -0.39 is 6.04 Å². The molecule has 0 radical (unpaired) electrons. The molecule has 1 heterocycles. The standard InChI is InChI=1S/C31H30ClN3O3/c1-38-28-13-9-26(10-14-28)22-35(30(36)20-24-7-11-27(32)12-8-24)29(19-23-5-3-2-4-6-23)31(37)34-21-25-15-17-33-18-16-25/h2-18,29H,19-22H2,1H3,(H,34,37)/t29-/m0/s1. The lowest BCUT2D eigenvalue weighted by atomic mass is 10.0. The van der Waals surface area contributed by atoms with Crippen LogP contribution in [0.2, 0.25) is 5.02 Å². The Hall–Kier alpha value is -4.16. The molecule has 1 atom stereocenters. The molecular formula is C31H30ClN3O3. The summed E-state index contributed by atoms with van der Waals surface area (Å²) in [6.45, 7) is 0.616.